The molecule has 2 amide bonds. The van der Waals surface area contributed by atoms with Gasteiger partial charge in [-0.1, -0.05) is 0 Å². The van der Waals surface area contributed by atoms with E-state index in [1.165, 1.54) is 12.1 Å². The molecule has 3 heterocycles. The maximum atomic E-state index is 13.1. The zero-order chi connectivity index (χ0) is 17.6. The van der Waals surface area contributed by atoms with E-state index in [1.54, 1.807) is 17.0 Å². The van der Waals surface area contributed by atoms with E-state index in [-0.39, 0.29) is 23.0 Å². The number of halogens is 1. The number of carbonyl (C=O) groups is 2. The first-order valence-electron chi connectivity index (χ1n) is 8.44. The van der Waals surface area contributed by atoms with Gasteiger partial charge in [-0.05, 0) is 42.8 Å². The van der Waals surface area contributed by atoms with Gasteiger partial charge in [0.25, 0.3) is 5.91 Å². The molecular weight excluding hydrogens is 321 g/mol. The van der Waals surface area contributed by atoms with Crippen molar-refractivity contribution in [1.82, 2.24) is 9.47 Å². The van der Waals surface area contributed by atoms with Gasteiger partial charge in [0.05, 0.1) is 0 Å². The van der Waals surface area contributed by atoms with Crippen molar-refractivity contribution >= 4 is 17.5 Å². The molecule has 4 rings (SSSR count). The van der Waals surface area contributed by atoms with Crippen LogP contribution in [0.5, 0.6) is 0 Å². The third-order valence-electron chi connectivity index (χ3n) is 5.35. The minimum absolute atomic E-state index is 0.0112. The number of anilines is 1. The minimum Gasteiger partial charge on any atom is -0.347 e. The Kier molecular flexibility index (Phi) is 3.63. The first-order chi connectivity index (χ1) is 12.0. The Morgan fingerprint density at radius 1 is 1.16 bits per heavy atom. The van der Waals surface area contributed by atoms with Crippen LogP contribution in [0.2, 0.25) is 0 Å². The predicted octanol–water partition coefficient (Wildman–Crippen LogP) is 2.43. The van der Waals surface area contributed by atoms with Crippen LogP contribution >= 0.6 is 0 Å². The molecular formula is C19H20FN3O2. The molecule has 2 aliphatic heterocycles. The topological polar surface area (TPSA) is 45.6 Å². The van der Waals surface area contributed by atoms with Crippen molar-refractivity contribution in [1.29, 1.82) is 0 Å². The molecule has 0 aliphatic carbocycles. The van der Waals surface area contributed by atoms with Crippen molar-refractivity contribution < 1.29 is 14.0 Å². The standard InChI is InChI=1S/C19H20FN3O2/c1-21-9-2-3-16(21)18(25)22-10-8-19(12-22)11-17(24)23(13-19)15-6-4-14(20)5-7-15/h2-7,9H,8,10-13H2,1H3/t19-/m1/s1. The highest BCUT2D eigenvalue weighted by atomic mass is 19.1. The molecule has 25 heavy (non-hydrogen) atoms. The first-order valence-corrected chi connectivity index (χ1v) is 8.44. The molecule has 1 atom stereocenters. The van der Waals surface area contributed by atoms with Crippen LogP contribution < -0.4 is 4.90 Å². The Morgan fingerprint density at radius 3 is 2.60 bits per heavy atom. The normalized spacial score (nSPS) is 23.0. The number of amides is 2. The van der Waals surface area contributed by atoms with Crippen molar-refractivity contribution in [3.63, 3.8) is 0 Å². The molecule has 0 unspecified atom stereocenters. The molecule has 1 aromatic heterocycles. The summed E-state index contributed by atoms with van der Waals surface area (Å²) in [4.78, 5) is 28.8. The van der Waals surface area contributed by atoms with Gasteiger partial charge >= 0.3 is 0 Å². The number of aryl methyl sites for hydroxylation is 1. The van der Waals surface area contributed by atoms with Crippen LogP contribution in [-0.4, -0.2) is 40.9 Å². The molecule has 6 heteroatoms. The largest absolute Gasteiger partial charge is 0.347 e. The minimum atomic E-state index is -0.315. The fourth-order valence-corrected chi connectivity index (χ4v) is 3.98. The number of hydrogen-bond donors (Lipinski definition) is 0. The maximum Gasteiger partial charge on any atom is 0.270 e. The van der Waals surface area contributed by atoms with Gasteiger partial charge in [0.2, 0.25) is 5.91 Å². The zero-order valence-corrected chi connectivity index (χ0v) is 14.1. The Balaban J connectivity index is 1.51. The van der Waals surface area contributed by atoms with Gasteiger partial charge in [-0.25, -0.2) is 4.39 Å². The molecule has 2 aliphatic rings. The Morgan fingerprint density at radius 2 is 1.92 bits per heavy atom. The van der Waals surface area contributed by atoms with Crippen LogP contribution in [0.4, 0.5) is 10.1 Å². The fourth-order valence-electron chi connectivity index (χ4n) is 3.98. The van der Waals surface area contributed by atoms with Crippen LogP contribution in [0.25, 0.3) is 0 Å². The number of carbonyl (C=O) groups excluding carboxylic acids is 2. The summed E-state index contributed by atoms with van der Waals surface area (Å²) in [6.07, 6.45) is 3.10. The van der Waals surface area contributed by atoms with Gasteiger partial charge in [0.15, 0.2) is 0 Å². The lowest BCUT2D eigenvalue weighted by Gasteiger charge is -2.24. The number of rotatable bonds is 2. The van der Waals surface area contributed by atoms with Crippen LogP contribution in [0, 0.1) is 11.2 Å². The van der Waals surface area contributed by atoms with E-state index in [0.717, 1.165) is 12.1 Å². The molecule has 0 saturated carbocycles. The summed E-state index contributed by atoms with van der Waals surface area (Å²) in [5.74, 6) is -0.262. The summed E-state index contributed by atoms with van der Waals surface area (Å²) in [7, 11) is 1.86. The number of hydrogen-bond acceptors (Lipinski definition) is 2. The summed E-state index contributed by atoms with van der Waals surface area (Å²) in [5, 5.41) is 0. The van der Waals surface area contributed by atoms with E-state index in [0.29, 0.717) is 31.7 Å². The molecule has 1 spiro atoms. The Bertz CT molecular complexity index is 829. The molecule has 5 nitrogen and oxygen atoms in total. The number of aromatic nitrogens is 1. The zero-order valence-electron chi connectivity index (χ0n) is 14.1. The van der Waals surface area contributed by atoms with Gasteiger partial charge in [0.1, 0.15) is 11.5 Å². The van der Waals surface area contributed by atoms with Crippen molar-refractivity contribution in [2.24, 2.45) is 12.5 Å². The summed E-state index contributed by atoms with van der Waals surface area (Å²) in [6.45, 7) is 1.82. The third-order valence-corrected chi connectivity index (χ3v) is 5.35. The Hall–Kier alpha value is -2.63. The first kappa shape index (κ1) is 15.9. The molecule has 2 fully saturated rings. The summed E-state index contributed by atoms with van der Waals surface area (Å²) < 4.78 is 14.9. The van der Waals surface area contributed by atoms with Gasteiger partial charge in [0, 0.05) is 50.4 Å². The lowest BCUT2D eigenvalue weighted by molar-refractivity contribution is -0.117. The van der Waals surface area contributed by atoms with Gasteiger partial charge in [-0.3, -0.25) is 9.59 Å². The van der Waals surface area contributed by atoms with Crippen molar-refractivity contribution in [2.75, 3.05) is 24.5 Å². The number of nitrogens with zero attached hydrogens (tertiary/aromatic N) is 3. The van der Waals surface area contributed by atoms with E-state index < -0.39 is 0 Å². The fraction of sp³-hybridized carbons (Fsp3) is 0.368. The quantitative estimate of drug-likeness (QED) is 0.842. The van der Waals surface area contributed by atoms with E-state index in [1.807, 2.05) is 34.8 Å². The molecule has 1 aromatic carbocycles. The average Bonchev–Trinajstić information content (AvgIpc) is 3.28. The predicted molar refractivity (Wildman–Crippen MR) is 91.7 cm³/mol. The van der Waals surface area contributed by atoms with Crippen LogP contribution in [0.3, 0.4) is 0 Å². The lowest BCUT2D eigenvalue weighted by atomic mass is 9.86. The van der Waals surface area contributed by atoms with E-state index >= 15 is 0 Å². The maximum absolute atomic E-state index is 13.1. The van der Waals surface area contributed by atoms with Crippen molar-refractivity contribution in [3.8, 4) is 0 Å². The molecule has 130 valence electrons. The van der Waals surface area contributed by atoms with Crippen LogP contribution in [0.15, 0.2) is 42.6 Å². The number of benzene rings is 1. The van der Waals surface area contributed by atoms with E-state index in [2.05, 4.69) is 0 Å². The summed E-state index contributed by atoms with van der Waals surface area (Å²) in [5.41, 5.74) is 1.18. The third kappa shape index (κ3) is 2.71. The van der Waals surface area contributed by atoms with Gasteiger partial charge < -0.3 is 14.4 Å². The average molecular weight is 341 g/mol. The van der Waals surface area contributed by atoms with Crippen molar-refractivity contribution in [3.05, 3.63) is 54.1 Å². The van der Waals surface area contributed by atoms with E-state index in [4.69, 9.17) is 0 Å². The second-order valence-electron chi connectivity index (χ2n) is 7.11. The highest BCUT2D eigenvalue weighted by molar-refractivity contribution is 5.97. The van der Waals surface area contributed by atoms with E-state index in [9.17, 15) is 14.0 Å². The molecule has 0 N–H and O–H groups in total. The monoisotopic (exact) mass is 341 g/mol. The molecule has 2 aromatic rings. The highest BCUT2D eigenvalue weighted by Gasteiger charge is 2.49. The van der Waals surface area contributed by atoms with Crippen molar-refractivity contribution in [2.45, 2.75) is 12.8 Å². The highest BCUT2D eigenvalue weighted by Crippen LogP contribution is 2.42. The number of likely N-dealkylation sites (tertiary alicyclic amines) is 1. The second kappa shape index (κ2) is 5.72. The Labute approximate surface area is 145 Å². The summed E-state index contributed by atoms with van der Waals surface area (Å²) in [6, 6.07) is 9.68. The molecule has 0 radical (unpaired) electrons. The second-order valence-corrected chi connectivity index (χ2v) is 7.11. The van der Waals surface area contributed by atoms with Crippen LogP contribution in [0.1, 0.15) is 23.3 Å². The molecule has 0 bridgehead atoms. The summed E-state index contributed by atoms with van der Waals surface area (Å²) >= 11 is 0. The van der Waals surface area contributed by atoms with Gasteiger partial charge in [-0.2, -0.15) is 0 Å². The van der Waals surface area contributed by atoms with Gasteiger partial charge in [-0.15, -0.1) is 0 Å². The SMILES string of the molecule is Cn1cccc1C(=O)N1CC[C@@]2(CC(=O)N(c3ccc(F)cc3)C2)C1. The molecule has 2 saturated heterocycles. The van der Waals surface area contributed by atoms with Crippen LogP contribution in [-0.2, 0) is 11.8 Å². The smallest absolute Gasteiger partial charge is 0.270 e. The lowest BCUT2D eigenvalue weighted by Crippen LogP contribution is -2.34.